The van der Waals surface area contributed by atoms with Crippen LogP contribution in [0.2, 0.25) is 0 Å². The predicted octanol–water partition coefficient (Wildman–Crippen LogP) is 2.13. The van der Waals surface area contributed by atoms with Crippen LogP contribution in [0.1, 0.15) is 29.6 Å². The highest BCUT2D eigenvalue weighted by Crippen LogP contribution is 2.27. The molecule has 19 heavy (non-hydrogen) atoms. The number of amides is 1. The van der Waals surface area contributed by atoms with Gasteiger partial charge in [-0.05, 0) is 31.0 Å². The molecule has 5 heteroatoms. The molecule has 0 aliphatic carbocycles. The van der Waals surface area contributed by atoms with Crippen LogP contribution in [0.5, 0.6) is 11.5 Å². The van der Waals surface area contributed by atoms with E-state index in [1.54, 1.807) is 25.3 Å². The minimum Gasteiger partial charge on any atom is -0.493 e. The van der Waals surface area contributed by atoms with Crippen molar-refractivity contribution in [3.63, 3.8) is 0 Å². The molecular weight excluding hydrogens is 244 g/mol. The molecule has 0 aromatic heterocycles. The fraction of sp³-hybridized carbons (Fsp3) is 0.429. The van der Waals surface area contributed by atoms with Crippen LogP contribution in [-0.4, -0.2) is 26.7 Å². The van der Waals surface area contributed by atoms with Gasteiger partial charge in [-0.25, -0.2) is 0 Å². The molecule has 1 amide bonds. The number of nitrogens with zero attached hydrogens (tertiary/aromatic N) is 1. The smallest absolute Gasteiger partial charge is 0.251 e. The van der Waals surface area contributed by atoms with Crippen molar-refractivity contribution < 1.29 is 14.3 Å². The highest BCUT2D eigenvalue weighted by atomic mass is 16.5. The lowest BCUT2D eigenvalue weighted by Crippen LogP contribution is -2.24. The number of carbonyl (C=O) groups excluding carboxylic acids is 1. The summed E-state index contributed by atoms with van der Waals surface area (Å²) in [7, 11) is 3.08. The lowest BCUT2D eigenvalue weighted by Gasteiger charge is -2.09. The minimum absolute atomic E-state index is 0.155. The predicted molar refractivity (Wildman–Crippen MR) is 71.3 cm³/mol. The zero-order valence-electron chi connectivity index (χ0n) is 11.2. The van der Waals surface area contributed by atoms with Crippen molar-refractivity contribution in [2.75, 3.05) is 20.8 Å². The number of unbranched alkanes of at least 4 members (excludes halogenated alkanes) is 2. The quantitative estimate of drug-likeness (QED) is 0.764. The Kier molecular flexibility index (Phi) is 6.23. The first-order chi connectivity index (χ1) is 9.22. The van der Waals surface area contributed by atoms with Crippen LogP contribution >= 0.6 is 0 Å². The van der Waals surface area contributed by atoms with Crippen LogP contribution < -0.4 is 14.8 Å². The molecule has 102 valence electrons. The molecule has 0 aliphatic rings. The first kappa shape index (κ1) is 14.8. The van der Waals surface area contributed by atoms with E-state index < -0.39 is 0 Å². The third-order valence-electron chi connectivity index (χ3n) is 2.65. The van der Waals surface area contributed by atoms with Crippen molar-refractivity contribution in [3.05, 3.63) is 23.8 Å². The van der Waals surface area contributed by atoms with Crippen LogP contribution in [0, 0.1) is 11.3 Å². The molecule has 0 atom stereocenters. The topological polar surface area (TPSA) is 71.3 Å². The highest BCUT2D eigenvalue weighted by molar-refractivity contribution is 5.94. The normalized spacial score (nSPS) is 9.53. The number of hydrogen-bond acceptors (Lipinski definition) is 4. The molecule has 0 saturated carbocycles. The van der Waals surface area contributed by atoms with Crippen molar-refractivity contribution >= 4 is 5.91 Å². The molecule has 1 N–H and O–H groups in total. The summed E-state index contributed by atoms with van der Waals surface area (Å²) in [6.07, 6.45) is 2.11. The number of nitrogens with one attached hydrogen (secondary N) is 1. The van der Waals surface area contributed by atoms with Gasteiger partial charge in [-0.1, -0.05) is 0 Å². The average Bonchev–Trinajstić information content (AvgIpc) is 2.46. The van der Waals surface area contributed by atoms with Gasteiger partial charge in [-0.15, -0.1) is 0 Å². The van der Waals surface area contributed by atoms with Crippen LogP contribution in [0.3, 0.4) is 0 Å². The maximum atomic E-state index is 11.9. The Morgan fingerprint density at radius 2 is 2.00 bits per heavy atom. The Balaban J connectivity index is 2.55. The van der Waals surface area contributed by atoms with Crippen molar-refractivity contribution in [3.8, 4) is 17.6 Å². The van der Waals surface area contributed by atoms with E-state index in [1.807, 2.05) is 0 Å². The summed E-state index contributed by atoms with van der Waals surface area (Å²) in [6.45, 7) is 0.564. The van der Waals surface area contributed by atoms with Crippen LogP contribution in [-0.2, 0) is 0 Å². The van der Waals surface area contributed by atoms with Gasteiger partial charge >= 0.3 is 0 Å². The second-order valence-electron chi connectivity index (χ2n) is 3.94. The summed E-state index contributed by atoms with van der Waals surface area (Å²) in [5.74, 6) is 0.964. The van der Waals surface area contributed by atoms with Crippen molar-refractivity contribution in [2.24, 2.45) is 0 Å². The van der Waals surface area contributed by atoms with Crippen LogP contribution in [0.15, 0.2) is 18.2 Å². The maximum Gasteiger partial charge on any atom is 0.251 e. The van der Waals surface area contributed by atoms with Gasteiger partial charge in [0.15, 0.2) is 11.5 Å². The monoisotopic (exact) mass is 262 g/mol. The molecule has 5 nitrogen and oxygen atoms in total. The molecule has 0 saturated heterocycles. The fourth-order valence-electron chi connectivity index (χ4n) is 1.61. The summed E-state index contributed by atoms with van der Waals surface area (Å²) in [6, 6.07) is 7.10. The molecule has 0 fully saturated rings. The number of hydrogen-bond donors (Lipinski definition) is 1. The summed E-state index contributed by atoms with van der Waals surface area (Å²) < 4.78 is 10.3. The maximum absolute atomic E-state index is 11.9. The van der Waals surface area contributed by atoms with E-state index in [2.05, 4.69) is 11.4 Å². The second-order valence-corrected chi connectivity index (χ2v) is 3.94. The van der Waals surface area contributed by atoms with E-state index in [4.69, 9.17) is 14.7 Å². The largest absolute Gasteiger partial charge is 0.493 e. The van der Waals surface area contributed by atoms with Gasteiger partial charge < -0.3 is 14.8 Å². The van der Waals surface area contributed by atoms with E-state index in [0.717, 1.165) is 12.8 Å². The molecular formula is C14H18N2O3. The molecule has 0 radical (unpaired) electrons. The Morgan fingerprint density at radius 1 is 1.26 bits per heavy atom. The SMILES string of the molecule is COc1ccc(C(=O)NCCCCC#N)cc1OC. The second kappa shape index (κ2) is 7.98. The first-order valence-corrected chi connectivity index (χ1v) is 6.10. The molecule has 0 aliphatic heterocycles. The average molecular weight is 262 g/mol. The summed E-state index contributed by atoms with van der Waals surface area (Å²) in [4.78, 5) is 11.9. The number of nitriles is 1. The van der Waals surface area contributed by atoms with E-state index in [-0.39, 0.29) is 5.91 Å². The van der Waals surface area contributed by atoms with Gasteiger partial charge in [0.05, 0.1) is 20.3 Å². The van der Waals surface area contributed by atoms with Crippen LogP contribution in [0.4, 0.5) is 0 Å². The number of ether oxygens (including phenoxy) is 2. The van der Waals surface area contributed by atoms with Gasteiger partial charge in [0.25, 0.3) is 5.91 Å². The van der Waals surface area contributed by atoms with Crippen molar-refractivity contribution in [2.45, 2.75) is 19.3 Å². The molecule has 0 bridgehead atoms. The molecule has 1 aromatic rings. The Bertz CT molecular complexity index is 466. The highest BCUT2D eigenvalue weighted by Gasteiger charge is 2.09. The molecule has 0 heterocycles. The Hall–Kier alpha value is -2.22. The van der Waals surface area contributed by atoms with Gasteiger partial charge in [0, 0.05) is 18.5 Å². The number of rotatable bonds is 7. The molecule has 0 spiro atoms. The van der Waals surface area contributed by atoms with Gasteiger partial charge in [0.1, 0.15) is 0 Å². The van der Waals surface area contributed by atoms with E-state index in [1.165, 1.54) is 7.11 Å². The minimum atomic E-state index is -0.155. The van der Waals surface area contributed by atoms with Crippen molar-refractivity contribution in [1.82, 2.24) is 5.32 Å². The van der Waals surface area contributed by atoms with E-state index in [9.17, 15) is 4.79 Å². The molecule has 0 unspecified atom stereocenters. The number of benzene rings is 1. The lowest BCUT2D eigenvalue weighted by molar-refractivity contribution is 0.0952. The Morgan fingerprint density at radius 3 is 2.63 bits per heavy atom. The zero-order chi connectivity index (χ0) is 14.1. The third-order valence-corrected chi connectivity index (χ3v) is 2.65. The number of carbonyl (C=O) groups is 1. The van der Waals surface area contributed by atoms with Crippen LogP contribution in [0.25, 0.3) is 0 Å². The molecule has 1 rings (SSSR count). The number of methoxy groups -OCH3 is 2. The van der Waals surface area contributed by atoms with Gasteiger partial charge in [-0.3, -0.25) is 4.79 Å². The summed E-state index contributed by atoms with van der Waals surface area (Å²) >= 11 is 0. The summed E-state index contributed by atoms with van der Waals surface area (Å²) in [5.41, 5.74) is 0.526. The van der Waals surface area contributed by atoms with E-state index >= 15 is 0 Å². The first-order valence-electron chi connectivity index (χ1n) is 6.10. The summed E-state index contributed by atoms with van der Waals surface area (Å²) in [5, 5.41) is 11.2. The van der Waals surface area contributed by atoms with Gasteiger partial charge in [-0.2, -0.15) is 5.26 Å². The standard InChI is InChI=1S/C14H18N2O3/c1-18-12-7-6-11(10-13(12)19-2)14(17)16-9-5-3-4-8-15/h6-7,10H,3-5,9H2,1-2H3,(H,16,17). The van der Waals surface area contributed by atoms with E-state index in [0.29, 0.717) is 30.0 Å². The zero-order valence-corrected chi connectivity index (χ0v) is 11.2. The van der Waals surface area contributed by atoms with Crippen molar-refractivity contribution in [1.29, 1.82) is 5.26 Å². The molecule has 1 aromatic carbocycles. The third kappa shape index (κ3) is 4.51. The van der Waals surface area contributed by atoms with Gasteiger partial charge in [0.2, 0.25) is 0 Å². The Labute approximate surface area is 113 Å². The lowest BCUT2D eigenvalue weighted by atomic mass is 10.2. The fourth-order valence-corrected chi connectivity index (χ4v) is 1.61.